The molecule has 2 rings (SSSR count). The maximum absolute atomic E-state index is 12.8. The zero-order valence-electron chi connectivity index (χ0n) is 11.9. The highest BCUT2D eigenvalue weighted by Gasteiger charge is 2.33. The number of alkyl halides is 3. The van der Waals surface area contributed by atoms with Crippen LogP contribution in [0.1, 0.15) is 25.3 Å². The summed E-state index contributed by atoms with van der Waals surface area (Å²) in [6, 6.07) is 5.04. The van der Waals surface area contributed by atoms with Gasteiger partial charge in [-0.3, -0.25) is 9.69 Å². The number of carbonyl (C=O) groups is 1. The summed E-state index contributed by atoms with van der Waals surface area (Å²) in [6.07, 6.45) is -2.31. The summed E-state index contributed by atoms with van der Waals surface area (Å²) in [5, 5.41) is 2.38. The van der Waals surface area contributed by atoms with E-state index in [0.717, 1.165) is 32.0 Å². The summed E-state index contributed by atoms with van der Waals surface area (Å²) in [5.41, 5.74) is -0.995. The van der Waals surface area contributed by atoms with Crippen LogP contribution in [0.2, 0.25) is 0 Å². The van der Waals surface area contributed by atoms with Crippen molar-refractivity contribution < 1.29 is 18.0 Å². The highest BCUT2D eigenvalue weighted by atomic mass is 19.4. The third-order valence-corrected chi connectivity index (χ3v) is 3.61. The van der Waals surface area contributed by atoms with Crippen LogP contribution in [0.25, 0.3) is 0 Å². The molecule has 0 radical (unpaired) electrons. The van der Waals surface area contributed by atoms with Gasteiger partial charge in [0, 0.05) is 6.54 Å². The second-order valence-corrected chi connectivity index (χ2v) is 5.57. The number of hydrogen-bond acceptors (Lipinski definition) is 2. The maximum Gasteiger partial charge on any atom is 0.418 e. The van der Waals surface area contributed by atoms with E-state index in [1.165, 1.54) is 18.2 Å². The van der Waals surface area contributed by atoms with Gasteiger partial charge in [0.05, 0.1) is 17.8 Å². The Morgan fingerprint density at radius 2 is 2.10 bits per heavy atom. The van der Waals surface area contributed by atoms with Crippen LogP contribution < -0.4 is 5.32 Å². The highest BCUT2D eigenvalue weighted by molar-refractivity contribution is 5.93. The Morgan fingerprint density at radius 1 is 1.38 bits per heavy atom. The lowest BCUT2D eigenvalue weighted by atomic mass is 10.0. The van der Waals surface area contributed by atoms with Crippen molar-refractivity contribution in [1.29, 1.82) is 0 Å². The van der Waals surface area contributed by atoms with E-state index in [0.29, 0.717) is 5.92 Å². The molecule has 0 unspecified atom stereocenters. The van der Waals surface area contributed by atoms with Crippen molar-refractivity contribution in [2.75, 3.05) is 25.0 Å². The minimum absolute atomic E-state index is 0.135. The molecular formula is C15H19F3N2O. The van der Waals surface area contributed by atoms with E-state index in [1.54, 1.807) is 0 Å². The number of amides is 1. The van der Waals surface area contributed by atoms with Gasteiger partial charge in [-0.2, -0.15) is 13.2 Å². The van der Waals surface area contributed by atoms with Crippen molar-refractivity contribution in [3.8, 4) is 0 Å². The number of benzene rings is 1. The van der Waals surface area contributed by atoms with Gasteiger partial charge in [-0.25, -0.2) is 0 Å². The second-order valence-electron chi connectivity index (χ2n) is 5.57. The third-order valence-electron chi connectivity index (χ3n) is 3.61. The van der Waals surface area contributed by atoms with Gasteiger partial charge in [-0.05, 0) is 37.4 Å². The number of rotatable bonds is 3. The predicted molar refractivity (Wildman–Crippen MR) is 74.9 cm³/mol. The molecule has 0 aliphatic carbocycles. The number of nitrogens with zero attached hydrogens (tertiary/aromatic N) is 1. The van der Waals surface area contributed by atoms with E-state index in [9.17, 15) is 18.0 Å². The van der Waals surface area contributed by atoms with Crippen LogP contribution in [0.4, 0.5) is 18.9 Å². The standard InChI is InChI=1S/C15H19F3N2O/c1-11-5-4-8-20(9-11)10-14(21)19-13-7-3-2-6-12(13)15(16,17)18/h2-3,6-7,11H,4-5,8-10H2,1H3,(H,19,21)/t11-/m1/s1. The normalized spacial score (nSPS) is 20.3. The van der Waals surface area contributed by atoms with E-state index >= 15 is 0 Å². The van der Waals surface area contributed by atoms with Crippen LogP contribution in [-0.2, 0) is 11.0 Å². The van der Waals surface area contributed by atoms with Crippen LogP contribution in [0.5, 0.6) is 0 Å². The molecule has 1 N–H and O–H groups in total. The monoisotopic (exact) mass is 300 g/mol. The van der Waals surface area contributed by atoms with Gasteiger partial charge in [-0.15, -0.1) is 0 Å². The van der Waals surface area contributed by atoms with Gasteiger partial charge in [0.15, 0.2) is 0 Å². The molecule has 3 nitrogen and oxygen atoms in total. The predicted octanol–water partition coefficient (Wildman–Crippen LogP) is 3.38. The lowest BCUT2D eigenvalue weighted by Crippen LogP contribution is -2.39. The van der Waals surface area contributed by atoms with Crippen molar-refractivity contribution in [3.63, 3.8) is 0 Å². The van der Waals surface area contributed by atoms with E-state index < -0.39 is 17.6 Å². The van der Waals surface area contributed by atoms with Gasteiger partial charge in [0.25, 0.3) is 0 Å². The highest BCUT2D eigenvalue weighted by Crippen LogP contribution is 2.34. The lowest BCUT2D eigenvalue weighted by molar-refractivity contribution is -0.137. The summed E-state index contributed by atoms with van der Waals surface area (Å²) < 4.78 is 38.5. The molecule has 1 saturated heterocycles. The van der Waals surface area contributed by atoms with Gasteiger partial charge < -0.3 is 5.32 Å². The van der Waals surface area contributed by atoms with Crippen LogP contribution in [0.3, 0.4) is 0 Å². The Hall–Kier alpha value is -1.56. The van der Waals surface area contributed by atoms with Crippen molar-refractivity contribution in [2.45, 2.75) is 25.9 Å². The summed E-state index contributed by atoms with van der Waals surface area (Å²) >= 11 is 0. The smallest absolute Gasteiger partial charge is 0.324 e. The molecule has 1 atom stereocenters. The Morgan fingerprint density at radius 3 is 2.76 bits per heavy atom. The summed E-state index contributed by atoms with van der Waals surface area (Å²) in [4.78, 5) is 13.9. The van der Waals surface area contributed by atoms with Crippen molar-refractivity contribution in [1.82, 2.24) is 4.90 Å². The topological polar surface area (TPSA) is 32.3 Å². The molecule has 0 bridgehead atoms. The molecular weight excluding hydrogens is 281 g/mol. The molecule has 0 aromatic heterocycles. The first-order valence-corrected chi connectivity index (χ1v) is 7.04. The number of para-hydroxylation sites is 1. The molecule has 1 aliphatic rings. The number of hydrogen-bond donors (Lipinski definition) is 1. The quantitative estimate of drug-likeness (QED) is 0.928. The van der Waals surface area contributed by atoms with Gasteiger partial charge in [-0.1, -0.05) is 19.1 Å². The molecule has 116 valence electrons. The summed E-state index contributed by atoms with van der Waals surface area (Å²) in [6.45, 7) is 3.88. The molecule has 21 heavy (non-hydrogen) atoms. The Labute approximate surface area is 122 Å². The van der Waals surface area contributed by atoms with Crippen LogP contribution >= 0.6 is 0 Å². The fourth-order valence-corrected chi connectivity index (χ4v) is 2.66. The first-order valence-electron chi connectivity index (χ1n) is 7.04. The van der Waals surface area contributed by atoms with Crippen molar-refractivity contribution >= 4 is 11.6 Å². The molecule has 1 heterocycles. The molecule has 1 aromatic carbocycles. The van der Waals surface area contributed by atoms with Crippen molar-refractivity contribution in [2.24, 2.45) is 5.92 Å². The fourth-order valence-electron chi connectivity index (χ4n) is 2.66. The van der Waals surface area contributed by atoms with E-state index in [1.807, 2.05) is 4.90 Å². The number of anilines is 1. The number of halogens is 3. The molecule has 1 aromatic rings. The van der Waals surface area contributed by atoms with Gasteiger partial charge >= 0.3 is 6.18 Å². The summed E-state index contributed by atoms with van der Waals surface area (Å²) in [5.74, 6) is 0.120. The average molecular weight is 300 g/mol. The minimum Gasteiger partial charge on any atom is -0.324 e. The lowest BCUT2D eigenvalue weighted by Gasteiger charge is -2.30. The zero-order valence-corrected chi connectivity index (χ0v) is 11.9. The van der Waals surface area contributed by atoms with Crippen molar-refractivity contribution in [3.05, 3.63) is 29.8 Å². The molecule has 1 fully saturated rings. The van der Waals surface area contributed by atoms with Gasteiger partial charge in [0.2, 0.25) is 5.91 Å². The number of carbonyl (C=O) groups excluding carboxylic acids is 1. The largest absolute Gasteiger partial charge is 0.418 e. The maximum atomic E-state index is 12.8. The molecule has 0 spiro atoms. The van der Waals surface area contributed by atoms with Crippen LogP contribution in [-0.4, -0.2) is 30.4 Å². The fraction of sp³-hybridized carbons (Fsp3) is 0.533. The van der Waals surface area contributed by atoms with E-state index in [4.69, 9.17) is 0 Å². The summed E-state index contributed by atoms with van der Waals surface area (Å²) in [7, 11) is 0. The van der Waals surface area contributed by atoms with Crippen LogP contribution in [0.15, 0.2) is 24.3 Å². The first kappa shape index (κ1) is 15.8. The first-order chi connectivity index (χ1) is 9.86. The Bertz CT molecular complexity index is 502. The molecule has 6 heteroatoms. The Balaban J connectivity index is 2.00. The molecule has 1 aliphatic heterocycles. The second kappa shape index (κ2) is 6.47. The average Bonchev–Trinajstić information content (AvgIpc) is 2.37. The molecule has 0 saturated carbocycles. The minimum atomic E-state index is -4.47. The van der Waals surface area contributed by atoms with Gasteiger partial charge in [0.1, 0.15) is 0 Å². The number of nitrogens with one attached hydrogen (secondary N) is 1. The molecule has 1 amide bonds. The van der Waals surface area contributed by atoms with Crippen LogP contribution in [0, 0.1) is 5.92 Å². The number of piperidine rings is 1. The SMILES string of the molecule is C[C@@H]1CCCN(CC(=O)Nc2ccccc2C(F)(F)F)C1. The number of likely N-dealkylation sites (tertiary alicyclic amines) is 1. The van der Waals surface area contributed by atoms with E-state index in [-0.39, 0.29) is 12.2 Å². The Kier molecular flexibility index (Phi) is 4.88. The zero-order chi connectivity index (χ0) is 15.5. The third kappa shape index (κ3) is 4.46. The van der Waals surface area contributed by atoms with E-state index in [2.05, 4.69) is 12.2 Å².